The van der Waals surface area contributed by atoms with Gasteiger partial charge in [-0.3, -0.25) is 9.59 Å². The molecule has 1 aromatic carbocycles. The van der Waals surface area contributed by atoms with E-state index in [1.807, 2.05) is 37.3 Å². The summed E-state index contributed by atoms with van der Waals surface area (Å²) in [6.07, 6.45) is 3.03. The number of aryl methyl sites for hydroxylation is 1. The molecule has 1 aromatic heterocycles. The lowest BCUT2D eigenvalue weighted by Crippen LogP contribution is -2.40. The van der Waals surface area contributed by atoms with Crippen molar-refractivity contribution in [3.63, 3.8) is 0 Å². The molecule has 0 unspecified atom stereocenters. The van der Waals surface area contributed by atoms with Crippen LogP contribution in [-0.2, 0) is 16.0 Å². The minimum atomic E-state index is -0.714. The van der Waals surface area contributed by atoms with Gasteiger partial charge in [-0.05, 0) is 31.4 Å². The predicted octanol–water partition coefficient (Wildman–Crippen LogP) is 2.17. The van der Waals surface area contributed by atoms with Gasteiger partial charge < -0.3 is 15.4 Å². The number of nitrogens with zero attached hydrogens (tertiary/aromatic N) is 1. The van der Waals surface area contributed by atoms with Crippen LogP contribution in [0.1, 0.15) is 18.9 Å². The maximum Gasteiger partial charge on any atom is 0.313 e. The number of benzene rings is 1. The molecule has 24 heavy (non-hydrogen) atoms. The molecular formula is C18H21N3O3. The van der Waals surface area contributed by atoms with Crippen molar-refractivity contribution in [2.24, 2.45) is 0 Å². The van der Waals surface area contributed by atoms with Crippen LogP contribution in [-0.4, -0.2) is 29.9 Å². The molecule has 0 aliphatic rings. The van der Waals surface area contributed by atoms with Gasteiger partial charge in [0.05, 0.1) is 19.0 Å². The molecule has 0 spiro atoms. The van der Waals surface area contributed by atoms with Crippen LogP contribution in [0.4, 0.5) is 5.69 Å². The molecule has 6 heteroatoms. The van der Waals surface area contributed by atoms with Crippen LogP contribution in [0.25, 0.3) is 0 Å². The van der Waals surface area contributed by atoms with E-state index in [4.69, 9.17) is 4.74 Å². The molecule has 1 heterocycles. The number of carbonyl (C=O) groups is 2. The first-order valence-corrected chi connectivity index (χ1v) is 7.74. The Morgan fingerprint density at radius 1 is 1.12 bits per heavy atom. The monoisotopic (exact) mass is 327 g/mol. The van der Waals surface area contributed by atoms with E-state index in [0.717, 1.165) is 12.8 Å². The van der Waals surface area contributed by atoms with E-state index in [1.54, 1.807) is 12.1 Å². The maximum atomic E-state index is 11.9. The van der Waals surface area contributed by atoms with E-state index >= 15 is 0 Å². The number of pyridine rings is 1. The predicted molar refractivity (Wildman–Crippen MR) is 91.8 cm³/mol. The second kappa shape index (κ2) is 8.67. The first-order valence-electron chi connectivity index (χ1n) is 7.74. The molecule has 2 rings (SSSR count). The van der Waals surface area contributed by atoms with Crippen LogP contribution in [0.5, 0.6) is 5.88 Å². The van der Waals surface area contributed by atoms with E-state index < -0.39 is 11.8 Å². The Balaban J connectivity index is 1.78. The first-order chi connectivity index (χ1) is 11.6. The van der Waals surface area contributed by atoms with Crippen LogP contribution in [0.2, 0.25) is 0 Å². The summed E-state index contributed by atoms with van der Waals surface area (Å²) in [5.41, 5.74) is 1.64. The van der Waals surface area contributed by atoms with Crippen molar-refractivity contribution in [2.45, 2.75) is 25.8 Å². The van der Waals surface area contributed by atoms with E-state index in [0.29, 0.717) is 11.6 Å². The summed E-state index contributed by atoms with van der Waals surface area (Å²) in [7, 11) is 1.50. The van der Waals surface area contributed by atoms with Crippen molar-refractivity contribution >= 4 is 17.5 Å². The SMILES string of the molecule is COc1ccc(NC(=O)C(=O)N[C@@H](C)CCc2ccccc2)cn1. The highest BCUT2D eigenvalue weighted by Crippen LogP contribution is 2.10. The lowest BCUT2D eigenvalue weighted by Gasteiger charge is -2.13. The minimum Gasteiger partial charge on any atom is -0.481 e. The standard InChI is InChI=1S/C18H21N3O3/c1-13(8-9-14-6-4-3-5-7-14)20-17(22)18(23)21-15-10-11-16(24-2)19-12-15/h3-7,10-13H,8-9H2,1-2H3,(H,20,22)(H,21,23)/t13-/m0/s1. The summed E-state index contributed by atoms with van der Waals surface area (Å²) >= 11 is 0. The molecule has 6 nitrogen and oxygen atoms in total. The number of aromatic nitrogens is 1. The molecule has 0 bridgehead atoms. The van der Waals surface area contributed by atoms with Crippen molar-refractivity contribution in [1.29, 1.82) is 0 Å². The van der Waals surface area contributed by atoms with Crippen LogP contribution >= 0.6 is 0 Å². The van der Waals surface area contributed by atoms with E-state index in [1.165, 1.54) is 18.9 Å². The summed E-state index contributed by atoms with van der Waals surface area (Å²) in [5, 5.41) is 5.20. The quantitative estimate of drug-likeness (QED) is 0.797. The molecule has 0 radical (unpaired) electrons. The average Bonchev–Trinajstić information content (AvgIpc) is 2.61. The van der Waals surface area contributed by atoms with Gasteiger partial charge in [0.1, 0.15) is 0 Å². The highest BCUT2D eigenvalue weighted by atomic mass is 16.5. The van der Waals surface area contributed by atoms with Gasteiger partial charge in [0.25, 0.3) is 0 Å². The second-order valence-corrected chi connectivity index (χ2v) is 5.44. The molecule has 0 saturated carbocycles. The molecular weight excluding hydrogens is 306 g/mol. The van der Waals surface area contributed by atoms with Crippen LogP contribution < -0.4 is 15.4 Å². The Hall–Kier alpha value is -2.89. The van der Waals surface area contributed by atoms with Crippen LogP contribution in [0, 0.1) is 0 Å². The average molecular weight is 327 g/mol. The topological polar surface area (TPSA) is 80.3 Å². The largest absolute Gasteiger partial charge is 0.481 e. The maximum absolute atomic E-state index is 11.9. The Bertz CT molecular complexity index is 672. The third-order valence-electron chi connectivity index (χ3n) is 3.50. The number of hydrogen-bond acceptors (Lipinski definition) is 4. The van der Waals surface area contributed by atoms with Gasteiger partial charge in [0.2, 0.25) is 5.88 Å². The summed E-state index contributed by atoms with van der Waals surface area (Å²) in [6, 6.07) is 13.1. The third-order valence-corrected chi connectivity index (χ3v) is 3.50. The second-order valence-electron chi connectivity index (χ2n) is 5.44. The van der Waals surface area contributed by atoms with Gasteiger partial charge in [0, 0.05) is 12.1 Å². The molecule has 2 amide bonds. The van der Waals surface area contributed by atoms with Gasteiger partial charge in [-0.2, -0.15) is 0 Å². The highest BCUT2D eigenvalue weighted by molar-refractivity contribution is 6.39. The molecule has 126 valence electrons. The number of anilines is 1. The van der Waals surface area contributed by atoms with E-state index in [9.17, 15) is 9.59 Å². The van der Waals surface area contributed by atoms with Crippen LogP contribution in [0.15, 0.2) is 48.7 Å². The van der Waals surface area contributed by atoms with Crippen molar-refractivity contribution < 1.29 is 14.3 Å². The highest BCUT2D eigenvalue weighted by Gasteiger charge is 2.16. The van der Waals surface area contributed by atoms with Gasteiger partial charge in [-0.15, -0.1) is 0 Å². The summed E-state index contributed by atoms with van der Waals surface area (Å²) in [6.45, 7) is 1.88. The van der Waals surface area contributed by atoms with Crippen molar-refractivity contribution in [1.82, 2.24) is 10.3 Å². The summed E-state index contributed by atoms with van der Waals surface area (Å²) in [4.78, 5) is 27.8. The number of rotatable bonds is 6. The van der Waals surface area contributed by atoms with Gasteiger partial charge >= 0.3 is 11.8 Å². The number of hydrogen-bond donors (Lipinski definition) is 2. The summed E-state index contributed by atoms with van der Waals surface area (Å²) < 4.78 is 4.93. The van der Waals surface area contributed by atoms with E-state index in [2.05, 4.69) is 15.6 Å². The number of carbonyl (C=O) groups excluding carboxylic acids is 2. The van der Waals surface area contributed by atoms with Crippen molar-refractivity contribution in [2.75, 3.05) is 12.4 Å². The zero-order valence-corrected chi connectivity index (χ0v) is 13.8. The zero-order valence-electron chi connectivity index (χ0n) is 13.8. The molecule has 2 N–H and O–H groups in total. The molecule has 0 saturated heterocycles. The third kappa shape index (κ3) is 5.39. The number of nitrogens with one attached hydrogen (secondary N) is 2. The summed E-state index contributed by atoms with van der Waals surface area (Å²) in [5.74, 6) is -0.938. The minimum absolute atomic E-state index is 0.0996. The van der Waals surface area contributed by atoms with Crippen molar-refractivity contribution in [3.05, 3.63) is 54.2 Å². The molecule has 0 fully saturated rings. The Morgan fingerprint density at radius 3 is 2.50 bits per heavy atom. The van der Waals surface area contributed by atoms with Gasteiger partial charge in [-0.1, -0.05) is 30.3 Å². The van der Waals surface area contributed by atoms with Crippen LogP contribution in [0.3, 0.4) is 0 Å². The number of ether oxygens (including phenoxy) is 1. The fourth-order valence-corrected chi connectivity index (χ4v) is 2.15. The Labute approximate surface area is 141 Å². The van der Waals surface area contributed by atoms with Gasteiger partial charge in [0.15, 0.2) is 0 Å². The van der Waals surface area contributed by atoms with Crippen molar-refractivity contribution in [3.8, 4) is 5.88 Å². The fourth-order valence-electron chi connectivity index (χ4n) is 2.15. The zero-order chi connectivity index (χ0) is 17.4. The first kappa shape index (κ1) is 17.5. The number of methoxy groups -OCH3 is 1. The van der Waals surface area contributed by atoms with E-state index in [-0.39, 0.29) is 6.04 Å². The molecule has 2 aromatic rings. The lowest BCUT2D eigenvalue weighted by molar-refractivity contribution is -0.136. The smallest absolute Gasteiger partial charge is 0.313 e. The molecule has 1 atom stereocenters. The lowest BCUT2D eigenvalue weighted by atomic mass is 10.1. The molecule has 0 aliphatic carbocycles. The molecule has 0 aliphatic heterocycles. The van der Waals surface area contributed by atoms with Gasteiger partial charge in [-0.25, -0.2) is 4.98 Å². The normalized spacial score (nSPS) is 11.4. The Morgan fingerprint density at radius 2 is 1.88 bits per heavy atom. The number of amides is 2. The fraction of sp³-hybridized carbons (Fsp3) is 0.278. The Kier molecular flexibility index (Phi) is 6.31.